The van der Waals surface area contributed by atoms with Gasteiger partial charge in [-0.05, 0) is 56.5 Å². The number of methoxy groups -OCH3 is 1. The zero-order valence-corrected chi connectivity index (χ0v) is 21.4. The third-order valence-electron chi connectivity index (χ3n) is 6.75. The first-order chi connectivity index (χ1) is 17.5. The summed E-state index contributed by atoms with van der Waals surface area (Å²) in [5, 5.41) is 15.8. The summed E-state index contributed by atoms with van der Waals surface area (Å²) in [6, 6.07) is 2.32. The molecule has 2 aromatic rings. The number of nitrogens with zero attached hydrogens (tertiary/aromatic N) is 2. The molecule has 1 aliphatic heterocycles. The Morgan fingerprint density at radius 1 is 1.18 bits per heavy atom. The van der Waals surface area contributed by atoms with Gasteiger partial charge in [-0.15, -0.1) is 0 Å². The van der Waals surface area contributed by atoms with Crippen molar-refractivity contribution in [2.45, 2.75) is 60.9 Å². The molecule has 1 aromatic carbocycles. The number of carbonyl (C=O) groups is 2. The van der Waals surface area contributed by atoms with Gasteiger partial charge in [0.05, 0.1) is 17.7 Å². The van der Waals surface area contributed by atoms with Crippen LogP contribution in [0.3, 0.4) is 0 Å². The fourth-order valence-corrected chi connectivity index (χ4v) is 5.50. The molecule has 0 bridgehead atoms. The van der Waals surface area contributed by atoms with Gasteiger partial charge in [0.15, 0.2) is 0 Å². The molecule has 1 saturated carbocycles. The third-order valence-corrected chi connectivity index (χ3v) is 7.91. The van der Waals surface area contributed by atoms with Crippen LogP contribution in [0.15, 0.2) is 53.7 Å². The molecular weight excluding hydrogens is 535 g/mol. The largest absolute Gasteiger partial charge is 0.390 e. The zero-order chi connectivity index (χ0) is 28.0. The Balaban J connectivity index is 1.76. The lowest BCUT2D eigenvalue weighted by Gasteiger charge is -2.43. The molecule has 14 heteroatoms. The molecular formula is C24H29F5N4O4S. The maximum absolute atomic E-state index is 13.8. The van der Waals surface area contributed by atoms with Crippen LogP contribution in [0.2, 0.25) is 0 Å². The summed E-state index contributed by atoms with van der Waals surface area (Å²) >= 11 is 0. The molecule has 3 N–H and O–H groups in total. The maximum Gasteiger partial charge on any atom is 0.310 e. The van der Waals surface area contributed by atoms with Crippen LogP contribution in [0.25, 0.3) is 0 Å². The second kappa shape index (κ2) is 9.14. The predicted octanol–water partition coefficient (Wildman–Crippen LogP) is 4.22. The Labute approximate surface area is 216 Å². The highest BCUT2D eigenvalue weighted by molar-refractivity contribution is 8.45. The van der Waals surface area contributed by atoms with Crippen LogP contribution in [0.4, 0.5) is 25.1 Å². The molecule has 1 aromatic heterocycles. The smallest absolute Gasteiger partial charge is 0.310 e. The Hall–Kier alpha value is -2.81. The van der Waals surface area contributed by atoms with E-state index in [1.54, 1.807) is 6.92 Å². The van der Waals surface area contributed by atoms with Crippen molar-refractivity contribution in [2.24, 2.45) is 0 Å². The lowest BCUT2D eigenvalue weighted by Crippen LogP contribution is -2.57. The van der Waals surface area contributed by atoms with Gasteiger partial charge in [-0.1, -0.05) is 25.5 Å². The van der Waals surface area contributed by atoms with E-state index in [-0.39, 0.29) is 48.8 Å². The van der Waals surface area contributed by atoms with Gasteiger partial charge in [-0.25, -0.2) is 0 Å². The van der Waals surface area contributed by atoms with Crippen molar-refractivity contribution in [3.8, 4) is 0 Å². The molecule has 2 heterocycles. The minimum atomic E-state index is -9.97. The number of anilines is 1. The number of aliphatic hydroxyl groups is 1. The minimum absolute atomic E-state index is 0.187. The summed E-state index contributed by atoms with van der Waals surface area (Å²) in [7, 11) is -8.50. The first-order valence-electron chi connectivity index (χ1n) is 11.8. The van der Waals surface area contributed by atoms with Crippen molar-refractivity contribution in [1.29, 1.82) is 0 Å². The fourth-order valence-electron chi connectivity index (χ4n) is 4.85. The second-order valence-corrected chi connectivity index (χ2v) is 12.4. The predicted molar refractivity (Wildman–Crippen MR) is 131 cm³/mol. The van der Waals surface area contributed by atoms with Crippen molar-refractivity contribution in [3.05, 3.63) is 54.4 Å². The Morgan fingerprint density at radius 3 is 2.34 bits per heavy atom. The van der Waals surface area contributed by atoms with E-state index in [9.17, 15) is 34.1 Å². The van der Waals surface area contributed by atoms with Crippen LogP contribution in [-0.2, 0) is 14.3 Å². The fraction of sp³-hybridized carbons (Fsp3) is 0.458. The van der Waals surface area contributed by atoms with E-state index in [2.05, 4.69) is 15.6 Å². The minimum Gasteiger partial charge on any atom is -0.390 e. The lowest BCUT2D eigenvalue weighted by molar-refractivity contribution is -0.130. The third kappa shape index (κ3) is 6.25. The molecule has 3 atom stereocenters. The summed E-state index contributed by atoms with van der Waals surface area (Å²) in [6.45, 7) is 1.94. The van der Waals surface area contributed by atoms with E-state index >= 15 is 0 Å². The van der Waals surface area contributed by atoms with Crippen LogP contribution in [0, 0.1) is 0 Å². The summed E-state index contributed by atoms with van der Waals surface area (Å²) in [5.41, 5.74) is -0.892. The first-order valence-corrected chi connectivity index (χ1v) is 13.8. The van der Waals surface area contributed by atoms with Gasteiger partial charge in [0.2, 0.25) is 11.8 Å². The van der Waals surface area contributed by atoms with E-state index in [0.29, 0.717) is 6.54 Å². The van der Waals surface area contributed by atoms with E-state index in [1.165, 1.54) is 31.6 Å². The van der Waals surface area contributed by atoms with Crippen molar-refractivity contribution in [3.63, 3.8) is 0 Å². The van der Waals surface area contributed by atoms with Gasteiger partial charge in [0.1, 0.15) is 10.9 Å². The molecule has 2 fully saturated rings. The molecule has 0 radical (unpaired) electrons. The van der Waals surface area contributed by atoms with Crippen LogP contribution < -0.4 is 15.5 Å². The summed E-state index contributed by atoms with van der Waals surface area (Å²) in [5.74, 6) is -1.32. The highest BCUT2D eigenvalue weighted by Gasteiger charge is 2.65. The number of pyridine rings is 1. The van der Waals surface area contributed by atoms with E-state index in [4.69, 9.17) is 4.74 Å². The lowest BCUT2D eigenvalue weighted by atomic mass is 9.77. The number of hydrogen-bond acceptors (Lipinski definition) is 6. The van der Waals surface area contributed by atoms with Crippen molar-refractivity contribution < 1.29 is 38.9 Å². The van der Waals surface area contributed by atoms with Gasteiger partial charge in [0, 0.05) is 43.3 Å². The molecule has 0 spiro atoms. The second-order valence-electron chi connectivity index (χ2n) is 10.0. The normalized spacial score (nSPS) is 27.9. The van der Waals surface area contributed by atoms with Gasteiger partial charge in [-0.2, -0.15) is 0 Å². The van der Waals surface area contributed by atoms with Gasteiger partial charge < -0.3 is 20.5 Å². The number of hydrogen-bond donors (Lipinski definition) is 3. The highest BCUT2D eigenvalue weighted by atomic mass is 32.5. The molecule has 3 unspecified atom stereocenters. The standard InChI is InChI=1S/C24H29F5N4O4S/c1-24(36)11-16(12-24)32-22(34)21(15-4-3-9-30-13-15)33(23(35)20-10-18(37-2)14-31-20)17-5-7-19(8-6-17)38(25,26,27,28)29/h3-9,13,16,18,20-21,31,36H,10-12,14H2,1-2H3,(H,32,34). The number of halogens is 5. The van der Waals surface area contributed by atoms with E-state index in [0.717, 1.165) is 17.0 Å². The molecule has 1 aliphatic carbocycles. The van der Waals surface area contributed by atoms with Crippen LogP contribution in [0.5, 0.6) is 0 Å². The SMILES string of the molecule is COC1CNC(C(=O)N(c2ccc(S(F)(F)(F)(F)F)cc2)C(C(=O)NC2CC(C)(O)C2)c2cccnc2)C1. The summed E-state index contributed by atoms with van der Waals surface area (Å²) in [6.07, 6.45) is 3.23. The Kier molecular flexibility index (Phi) is 6.78. The quantitative estimate of drug-likeness (QED) is 0.415. The van der Waals surface area contributed by atoms with Crippen molar-refractivity contribution >= 4 is 27.7 Å². The van der Waals surface area contributed by atoms with Crippen molar-refractivity contribution in [2.75, 3.05) is 18.6 Å². The number of carbonyl (C=O) groups excluding carboxylic acids is 2. The molecule has 1 saturated heterocycles. The molecule has 2 aliphatic rings. The number of nitrogens with one attached hydrogen (secondary N) is 2. The summed E-state index contributed by atoms with van der Waals surface area (Å²) in [4.78, 5) is 30.3. The number of ether oxygens (including phenoxy) is 1. The molecule has 38 heavy (non-hydrogen) atoms. The average molecular weight is 565 g/mol. The van der Waals surface area contributed by atoms with Gasteiger partial charge >= 0.3 is 10.2 Å². The number of amides is 2. The average Bonchev–Trinajstić information content (AvgIpc) is 3.29. The van der Waals surface area contributed by atoms with Crippen molar-refractivity contribution in [1.82, 2.24) is 15.6 Å². The monoisotopic (exact) mass is 564 g/mol. The van der Waals surface area contributed by atoms with Crippen LogP contribution in [0.1, 0.15) is 37.8 Å². The number of benzene rings is 1. The first kappa shape index (κ1) is 28.2. The molecule has 4 rings (SSSR count). The zero-order valence-electron chi connectivity index (χ0n) is 20.6. The summed E-state index contributed by atoms with van der Waals surface area (Å²) < 4.78 is 72.2. The van der Waals surface area contributed by atoms with Gasteiger partial charge in [-0.3, -0.25) is 19.5 Å². The number of rotatable bonds is 8. The van der Waals surface area contributed by atoms with Crippen LogP contribution >= 0.6 is 10.2 Å². The molecule has 8 nitrogen and oxygen atoms in total. The highest BCUT2D eigenvalue weighted by Crippen LogP contribution is 3.02. The number of aromatic nitrogens is 1. The van der Waals surface area contributed by atoms with Crippen LogP contribution in [-0.4, -0.2) is 59.3 Å². The Bertz CT molecular complexity index is 1190. The van der Waals surface area contributed by atoms with E-state index in [1.807, 2.05) is 0 Å². The maximum atomic E-state index is 13.8. The molecule has 210 valence electrons. The topological polar surface area (TPSA) is 104 Å². The Morgan fingerprint density at radius 2 is 1.84 bits per heavy atom. The molecule has 2 amide bonds. The van der Waals surface area contributed by atoms with E-state index < -0.39 is 50.7 Å². The van der Waals surface area contributed by atoms with Gasteiger partial charge in [0.25, 0.3) is 0 Å².